The number of carboxylic acids is 2. The molecule has 0 aromatic carbocycles. The van der Waals surface area contributed by atoms with Crippen LogP contribution in [0.5, 0.6) is 0 Å². The monoisotopic (exact) mass is 940 g/mol. The summed E-state index contributed by atoms with van der Waals surface area (Å²) in [6.45, 7) is 2.17. The second-order valence-electron chi connectivity index (χ2n) is 15.0. The topological polar surface area (TPSA) is 255 Å². The van der Waals surface area contributed by atoms with E-state index in [2.05, 4.69) is 60.9 Å². The number of nitrogens with two attached hydrogens (primary N) is 2. The zero-order chi connectivity index (χ0) is 47.7. The van der Waals surface area contributed by atoms with Crippen LogP contribution >= 0.6 is 19.6 Å². The Morgan fingerprint density at radius 2 is 1.20 bits per heavy atom. The van der Waals surface area contributed by atoms with Gasteiger partial charge in [-0.15, -0.1) is 11.8 Å². The van der Waals surface area contributed by atoms with Gasteiger partial charge >= 0.3 is 31.7 Å². The van der Waals surface area contributed by atoms with E-state index in [0.29, 0.717) is 6.42 Å². The fraction of sp³-hybridized carbons (Fsp3) is 0.617. The summed E-state index contributed by atoms with van der Waals surface area (Å²) in [5.41, 5.74) is 11.5. The number of phosphoric acid groups is 1. The third kappa shape index (κ3) is 37.7. The summed E-state index contributed by atoms with van der Waals surface area (Å²) in [6, 6.07) is -2.89. The van der Waals surface area contributed by atoms with Crippen LogP contribution in [0.3, 0.4) is 0 Å². The first-order valence-corrected chi connectivity index (χ1v) is 25.1. The van der Waals surface area contributed by atoms with E-state index in [9.17, 15) is 33.7 Å². The minimum Gasteiger partial charge on any atom is -0.481 e. The Hall–Kier alpha value is -3.60. The van der Waals surface area contributed by atoms with Crippen LogP contribution in [-0.4, -0.2) is 99.2 Å². The molecule has 0 aliphatic carbocycles. The third-order valence-corrected chi connectivity index (χ3v) is 11.5. The van der Waals surface area contributed by atoms with Crippen molar-refractivity contribution in [3.05, 3.63) is 85.1 Å². The molecule has 0 bridgehead atoms. The lowest BCUT2D eigenvalue weighted by Gasteiger charge is -2.23. The molecule has 0 saturated carbocycles. The number of aliphatic hydroxyl groups excluding tert-OH is 1. The van der Waals surface area contributed by atoms with E-state index < -0.39 is 81.1 Å². The molecule has 0 spiro atoms. The molecule has 0 fully saturated rings. The van der Waals surface area contributed by atoms with Crippen molar-refractivity contribution >= 4 is 43.5 Å². The number of thioether (sulfide) groups is 1. The second kappa shape index (κ2) is 40.9. The Morgan fingerprint density at radius 3 is 1.78 bits per heavy atom. The predicted molar refractivity (Wildman–Crippen MR) is 254 cm³/mol. The first kappa shape index (κ1) is 60.4. The molecule has 15 nitrogen and oxygen atoms in total. The standard InChI is InChI=1S/C47H77N2O13PS/c1-3-5-7-9-11-13-15-17-18-19-21-23-25-27-29-34-45(53)59-35-39(36-60-63(57,58)61-37-40(48)46(54)55)62-47(56)41(49)38-64-43(42(50)31-30-33-44(51)52)32-28-26-24-22-20-16-14-12-10-8-6-4-2/h11-14,17-18,20-24,26,28,32,39-43,50H,3-10,15-16,19,25,27,29-31,33-38,48-49H2,1-2H3,(H,51,52)(H,54,55)(H,57,58)/b13-11-,14-12-,18-17-,22-20-,23-21-,26-24+,32-28+/t39-,40+,41+,42+,43-/m1/s1. The average Bonchev–Trinajstić information content (AvgIpc) is 3.26. The highest BCUT2D eigenvalue weighted by Gasteiger charge is 2.30. The van der Waals surface area contributed by atoms with Crippen molar-refractivity contribution in [2.45, 2.75) is 159 Å². The van der Waals surface area contributed by atoms with Gasteiger partial charge in [0.25, 0.3) is 0 Å². The van der Waals surface area contributed by atoms with Crippen LogP contribution in [0.2, 0.25) is 0 Å². The molecule has 0 aromatic heterocycles. The maximum absolute atomic E-state index is 13.2. The minimum absolute atomic E-state index is 0.0542. The molecule has 1 unspecified atom stereocenters. The smallest absolute Gasteiger partial charge is 0.472 e. The Bertz CT molecular complexity index is 1530. The quantitative estimate of drug-likeness (QED) is 0.0110. The molecule has 64 heavy (non-hydrogen) atoms. The molecular weight excluding hydrogens is 864 g/mol. The minimum atomic E-state index is -4.89. The van der Waals surface area contributed by atoms with E-state index in [-0.39, 0.29) is 31.4 Å². The highest BCUT2D eigenvalue weighted by molar-refractivity contribution is 8.00. The van der Waals surface area contributed by atoms with Crippen LogP contribution in [0.4, 0.5) is 0 Å². The van der Waals surface area contributed by atoms with Gasteiger partial charge in [-0.05, 0) is 77.0 Å². The van der Waals surface area contributed by atoms with Crippen molar-refractivity contribution in [3.63, 3.8) is 0 Å². The van der Waals surface area contributed by atoms with Crippen molar-refractivity contribution in [3.8, 4) is 0 Å². The molecule has 0 saturated heterocycles. The maximum atomic E-state index is 13.2. The molecule has 0 heterocycles. The van der Waals surface area contributed by atoms with Crippen molar-refractivity contribution in [2.75, 3.05) is 25.6 Å². The molecule has 364 valence electrons. The van der Waals surface area contributed by atoms with Gasteiger partial charge in [-0.25, -0.2) is 4.57 Å². The fourth-order valence-corrected chi connectivity index (χ4v) is 7.28. The molecule has 0 radical (unpaired) electrons. The Kier molecular flexibility index (Phi) is 38.6. The van der Waals surface area contributed by atoms with Gasteiger partial charge in [-0.3, -0.25) is 28.2 Å². The van der Waals surface area contributed by atoms with Crippen LogP contribution in [0.25, 0.3) is 0 Å². The summed E-state index contributed by atoms with van der Waals surface area (Å²) >= 11 is 1.14. The summed E-state index contributed by atoms with van der Waals surface area (Å²) < 4.78 is 32.8. The number of aliphatic carboxylic acids is 2. The summed E-state index contributed by atoms with van der Waals surface area (Å²) in [7, 11) is -4.89. The molecule has 8 N–H and O–H groups in total. The van der Waals surface area contributed by atoms with Gasteiger partial charge in [0.05, 0.1) is 19.3 Å². The lowest BCUT2D eigenvalue weighted by molar-refractivity contribution is -0.161. The largest absolute Gasteiger partial charge is 0.481 e. The predicted octanol–water partition coefficient (Wildman–Crippen LogP) is 8.82. The van der Waals surface area contributed by atoms with E-state index in [1.165, 1.54) is 38.5 Å². The number of carboxylic acid groups (broad SMARTS) is 2. The van der Waals surface area contributed by atoms with Gasteiger partial charge in [0.1, 0.15) is 18.7 Å². The van der Waals surface area contributed by atoms with E-state index >= 15 is 0 Å². The highest BCUT2D eigenvalue weighted by Crippen LogP contribution is 2.43. The van der Waals surface area contributed by atoms with Crippen molar-refractivity contribution < 1.29 is 62.5 Å². The lowest BCUT2D eigenvalue weighted by atomic mass is 10.1. The number of esters is 2. The van der Waals surface area contributed by atoms with Crippen LogP contribution < -0.4 is 11.5 Å². The third-order valence-electron chi connectivity index (χ3n) is 9.12. The van der Waals surface area contributed by atoms with E-state index in [4.69, 9.17) is 35.7 Å². The molecule has 6 atom stereocenters. The number of ether oxygens (including phenoxy) is 2. The van der Waals surface area contributed by atoms with E-state index in [1.54, 1.807) is 18.2 Å². The summed E-state index contributed by atoms with van der Waals surface area (Å²) in [5.74, 6) is -4.08. The molecule has 0 aliphatic heterocycles. The molecular formula is C47H77N2O13PS. The van der Waals surface area contributed by atoms with Crippen LogP contribution in [0, 0.1) is 0 Å². The van der Waals surface area contributed by atoms with Crippen LogP contribution in [0.1, 0.15) is 129 Å². The van der Waals surface area contributed by atoms with Crippen LogP contribution in [-0.2, 0) is 42.3 Å². The van der Waals surface area contributed by atoms with Crippen LogP contribution in [0.15, 0.2) is 85.1 Å². The molecule has 0 aliphatic rings. The number of hydrogen-bond donors (Lipinski definition) is 6. The van der Waals surface area contributed by atoms with Gasteiger partial charge in [0.2, 0.25) is 0 Å². The number of allylic oxidation sites excluding steroid dienone is 13. The first-order chi connectivity index (χ1) is 30.7. The SMILES string of the molecule is CCCCC/C=C\C\C=C/C=C/C=C/[C@@H](SC[C@H](N)C(=O)O[C@H](COC(=O)CCCC/C=C\C/C=C\C/C=C\CCCCC)COP(=O)(O)OC[C@H](N)C(=O)O)[C@@H](O)CCCC(=O)O. The molecule has 0 aromatic rings. The average molecular weight is 941 g/mol. The number of unbranched alkanes of at least 4 members (excludes halogenated alkanes) is 8. The Morgan fingerprint density at radius 1 is 0.656 bits per heavy atom. The molecule has 0 rings (SSSR count). The number of rotatable bonds is 41. The van der Waals surface area contributed by atoms with Crippen molar-refractivity contribution in [1.29, 1.82) is 0 Å². The van der Waals surface area contributed by atoms with Crippen molar-refractivity contribution in [2.24, 2.45) is 11.5 Å². The summed E-state index contributed by atoms with van der Waals surface area (Å²) in [6.07, 6.45) is 40.0. The Balaban J connectivity index is 5.37. The fourth-order valence-electron chi connectivity index (χ4n) is 5.38. The second-order valence-corrected chi connectivity index (χ2v) is 17.7. The number of carbonyl (C=O) groups excluding carboxylic acids is 2. The van der Waals surface area contributed by atoms with Gasteiger partial charge < -0.3 is 41.2 Å². The first-order valence-electron chi connectivity index (χ1n) is 22.6. The lowest BCUT2D eigenvalue weighted by Crippen LogP contribution is -2.40. The maximum Gasteiger partial charge on any atom is 0.472 e. The molecule has 17 heteroatoms. The normalized spacial score (nSPS) is 15.8. The zero-order valence-electron chi connectivity index (χ0n) is 38.0. The van der Waals surface area contributed by atoms with E-state index in [1.807, 2.05) is 24.3 Å². The van der Waals surface area contributed by atoms with Gasteiger partial charge in [-0.1, -0.05) is 125 Å². The Labute approximate surface area is 385 Å². The number of aliphatic hydroxyl groups is 1. The van der Waals surface area contributed by atoms with Gasteiger partial charge in [-0.2, -0.15) is 0 Å². The zero-order valence-corrected chi connectivity index (χ0v) is 39.7. The van der Waals surface area contributed by atoms with E-state index in [0.717, 1.165) is 56.7 Å². The number of phosphoric ester groups is 1. The summed E-state index contributed by atoms with van der Waals surface area (Å²) in [5, 5.41) is 28.3. The van der Waals surface area contributed by atoms with Gasteiger partial charge in [0, 0.05) is 23.8 Å². The number of carbonyl (C=O) groups is 4. The summed E-state index contributed by atoms with van der Waals surface area (Å²) in [4.78, 5) is 57.9. The van der Waals surface area contributed by atoms with Gasteiger partial charge in [0.15, 0.2) is 6.10 Å². The van der Waals surface area contributed by atoms with Crippen molar-refractivity contribution in [1.82, 2.24) is 0 Å². The molecule has 0 amide bonds. The number of hydrogen-bond acceptors (Lipinski definition) is 13. The highest BCUT2D eigenvalue weighted by atomic mass is 32.2.